The smallest absolute Gasteiger partial charge is 0.339 e. The minimum absolute atomic E-state index is 0.00244. The first kappa shape index (κ1) is 22.9. The predicted molar refractivity (Wildman–Crippen MR) is 119 cm³/mol. The number of nitriles is 1. The first-order chi connectivity index (χ1) is 15.4. The maximum Gasteiger partial charge on any atom is 0.339 e. The highest BCUT2D eigenvalue weighted by Gasteiger charge is 2.19. The van der Waals surface area contributed by atoms with Crippen LogP contribution in [0.3, 0.4) is 0 Å². The van der Waals surface area contributed by atoms with Gasteiger partial charge in [0.1, 0.15) is 21.5 Å². The van der Waals surface area contributed by atoms with Crippen LogP contribution in [0.1, 0.15) is 17.5 Å². The number of methoxy groups -OCH3 is 1. The molecule has 3 rings (SSSR count). The van der Waals surface area contributed by atoms with E-state index < -0.39 is 16.0 Å². The molecule has 0 spiro atoms. The fourth-order valence-electron chi connectivity index (χ4n) is 2.52. The fraction of sp³-hybridized carbons (Fsp3) is 0.143. The van der Waals surface area contributed by atoms with Crippen LogP contribution in [0.4, 0.5) is 5.13 Å². The molecule has 1 amide bonds. The van der Waals surface area contributed by atoms with Crippen molar-refractivity contribution in [2.75, 3.05) is 12.4 Å². The molecule has 0 aliphatic heterocycles. The van der Waals surface area contributed by atoms with E-state index in [1.165, 1.54) is 54.9 Å². The standard InChI is InChI=1S/C21H18N4O5S2/c1-3-19-24-25-21(31-19)23-20(26)15(13-22)11-14-9-10-17(18(12-14)29-2)30-32(27,28)16-7-5-4-6-8-16/h4-12H,3H2,1-2H3,(H,23,25,26)/b15-11-. The second-order valence-electron chi connectivity index (χ2n) is 6.24. The molecule has 0 saturated heterocycles. The minimum Gasteiger partial charge on any atom is -0.493 e. The van der Waals surface area contributed by atoms with E-state index in [0.29, 0.717) is 17.1 Å². The number of carbonyl (C=O) groups is 1. The van der Waals surface area contributed by atoms with Crippen molar-refractivity contribution >= 4 is 38.6 Å². The Morgan fingerprint density at radius 1 is 1.19 bits per heavy atom. The van der Waals surface area contributed by atoms with Gasteiger partial charge in [-0.05, 0) is 42.3 Å². The van der Waals surface area contributed by atoms with Gasteiger partial charge in [0.15, 0.2) is 11.5 Å². The van der Waals surface area contributed by atoms with E-state index in [0.717, 1.165) is 5.01 Å². The van der Waals surface area contributed by atoms with Crippen molar-refractivity contribution < 1.29 is 22.1 Å². The second kappa shape index (κ2) is 10.0. The van der Waals surface area contributed by atoms with Crippen LogP contribution in [-0.2, 0) is 21.3 Å². The first-order valence-corrected chi connectivity index (χ1v) is 11.5. The molecule has 0 atom stereocenters. The van der Waals surface area contributed by atoms with Crippen LogP contribution < -0.4 is 14.2 Å². The zero-order chi connectivity index (χ0) is 23.1. The third-order valence-corrected chi connectivity index (χ3v) is 6.32. The lowest BCUT2D eigenvalue weighted by Gasteiger charge is -2.11. The van der Waals surface area contributed by atoms with Gasteiger partial charge >= 0.3 is 10.1 Å². The summed E-state index contributed by atoms with van der Waals surface area (Å²) in [6, 6.07) is 13.9. The number of hydrogen-bond donors (Lipinski definition) is 1. The summed E-state index contributed by atoms with van der Waals surface area (Å²) in [5.74, 6) is -0.553. The van der Waals surface area contributed by atoms with Gasteiger partial charge in [-0.2, -0.15) is 13.7 Å². The molecule has 32 heavy (non-hydrogen) atoms. The van der Waals surface area contributed by atoms with Gasteiger partial charge < -0.3 is 8.92 Å². The Morgan fingerprint density at radius 3 is 2.56 bits per heavy atom. The average molecular weight is 471 g/mol. The molecule has 0 aliphatic carbocycles. The molecule has 0 fully saturated rings. The topological polar surface area (TPSA) is 131 Å². The van der Waals surface area contributed by atoms with Gasteiger partial charge in [0.05, 0.1) is 7.11 Å². The number of benzene rings is 2. The van der Waals surface area contributed by atoms with Gasteiger partial charge in [0.2, 0.25) is 5.13 Å². The Kier molecular flexibility index (Phi) is 7.19. The van der Waals surface area contributed by atoms with Gasteiger partial charge in [-0.15, -0.1) is 10.2 Å². The number of aromatic nitrogens is 2. The van der Waals surface area contributed by atoms with Crippen LogP contribution >= 0.6 is 11.3 Å². The van der Waals surface area contributed by atoms with Crippen molar-refractivity contribution in [1.82, 2.24) is 10.2 Å². The molecule has 2 aromatic carbocycles. The fourth-order valence-corrected chi connectivity index (χ4v) is 4.16. The van der Waals surface area contributed by atoms with Crippen LogP contribution in [0.2, 0.25) is 0 Å². The van der Waals surface area contributed by atoms with E-state index in [1.807, 2.05) is 13.0 Å². The summed E-state index contributed by atoms with van der Waals surface area (Å²) in [5.41, 5.74) is 0.260. The SMILES string of the molecule is CCc1nnc(NC(=O)/C(C#N)=C\c2ccc(OS(=O)(=O)c3ccccc3)c(OC)c2)s1. The second-order valence-corrected chi connectivity index (χ2v) is 8.85. The summed E-state index contributed by atoms with van der Waals surface area (Å²) in [5, 5.41) is 20.8. The van der Waals surface area contributed by atoms with Crippen molar-refractivity contribution in [2.45, 2.75) is 18.2 Å². The van der Waals surface area contributed by atoms with Crippen molar-refractivity contribution in [1.29, 1.82) is 5.26 Å². The summed E-state index contributed by atoms with van der Waals surface area (Å²) >= 11 is 1.22. The summed E-state index contributed by atoms with van der Waals surface area (Å²) in [6.45, 7) is 1.92. The minimum atomic E-state index is -4.06. The van der Waals surface area contributed by atoms with E-state index in [2.05, 4.69) is 15.5 Å². The van der Waals surface area contributed by atoms with Crippen molar-refractivity contribution in [3.63, 3.8) is 0 Å². The van der Waals surface area contributed by atoms with Crippen LogP contribution in [0.25, 0.3) is 6.08 Å². The number of rotatable bonds is 8. The van der Waals surface area contributed by atoms with Crippen LogP contribution in [0.5, 0.6) is 11.5 Å². The number of amides is 1. The highest BCUT2D eigenvalue weighted by atomic mass is 32.2. The predicted octanol–water partition coefficient (Wildman–Crippen LogP) is 3.42. The Hall–Kier alpha value is -3.75. The normalized spacial score (nSPS) is 11.5. The van der Waals surface area contributed by atoms with Crippen LogP contribution in [0, 0.1) is 11.3 Å². The zero-order valence-corrected chi connectivity index (χ0v) is 18.7. The lowest BCUT2D eigenvalue weighted by molar-refractivity contribution is -0.112. The van der Waals surface area contributed by atoms with E-state index in [-0.39, 0.29) is 22.0 Å². The maximum absolute atomic E-state index is 12.5. The zero-order valence-electron chi connectivity index (χ0n) is 17.1. The van der Waals surface area contributed by atoms with Gasteiger partial charge in [-0.25, -0.2) is 0 Å². The summed E-state index contributed by atoms with van der Waals surface area (Å²) in [7, 11) is -2.71. The van der Waals surface area contributed by atoms with Gasteiger partial charge in [-0.3, -0.25) is 10.1 Å². The van der Waals surface area contributed by atoms with Gasteiger partial charge in [0.25, 0.3) is 5.91 Å². The first-order valence-electron chi connectivity index (χ1n) is 9.29. The lowest BCUT2D eigenvalue weighted by atomic mass is 10.1. The molecule has 164 valence electrons. The molecular formula is C21H18N4O5S2. The number of hydrogen-bond acceptors (Lipinski definition) is 9. The quantitative estimate of drug-likeness (QED) is 0.301. The average Bonchev–Trinajstić information content (AvgIpc) is 3.26. The molecule has 0 unspecified atom stereocenters. The number of nitrogens with one attached hydrogen (secondary N) is 1. The molecule has 11 heteroatoms. The number of nitrogens with zero attached hydrogens (tertiary/aromatic N) is 3. The van der Waals surface area contributed by atoms with E-state index >= 15 is 0 Å². The Morgan fingerprint density at radius 2 is 1.94 bits per heavy atom. The lowest BCUT2D eigenvalue weighted by Crippen LogP contribution is -2.13. The summed E-state index contributed by atoms with van der Waals surface area (Å²) < 4.78 is 35.4. The van der Waals surface area contributed by atoms with Crippen molar-refractivity contribution in [2.24, 2.45) is 0 Å². The van der Waals surface area contributed by atoms with E-state index in [9.17, 15) is 18.5 Å². The number of aryl methyl sites for hydroxylation is 1. The molecule has 0 bridgehead atoms. The molecule has 1 aromatic heterocycles. The molecule has 0 aliphatic rings. The molecule has 0 saturated carbocycles. The number of anilines is 1. The third-order valence-electron chi connectivity index (χ3n) is 4.08. The Balaban J connectivity index is 1.83. The number of ether oxygens (including phenoxy) is 1. The Bertz CT molecular complexity index is 1300. The third kappa shape index (κ3) is 5.48. The number of carbonyl (C=O) groups excluding carboxylic acids is 1. The van der Waals surface area contributed by atoms with Crippen LogP contribution in [0.15, 0.2) is 59.0 Å². The highest BCUT2D eigenvalue weighted by molar-refractivity contribution is 7.87. The molecular weight excluding hydrogens is 452 g/mol. The highest BCUT2D eigenvalue weighted by Crippen LogP contribution is 2.31. The molecule has 9 nitrogen and oxygen atoms in total. The summed E-state index contributed by atoms with van der Waals surface area (Å²) in [6.07, 6.45) is 2.03. The van der Waals surface area contributed by atoms with Crippen molar-refractivity contribution in [3.8, 4) is 17.6 Å². The van der Waals surface area contributed by atoms with Gasteiger partial charge in [-0.1, -0.05) is 42.5 Å². The Labute approximate surface area is 189 Å². The molecule has 1 N–H and O–H groups in total. The van der Waals surface area contributed by atoms with Crippen molar-refractivity contribution in [3.05, 3.63) is 64.7 Å². The summed E-state index contributed by atoms with van der Waals surface area (Å²) in [4.78, 5) is 12.4. The molecule has 0 radical (unpaired) electrons. The van der Waals surface area contributed by atoms with Crippen LogP contribution in [-0.4, -0.2) is 31.6 Å². The van der Waals surface area contributed by atoms with E-state index in [4.69, 9.17) is 8.92 Å². The maximum atomic E-state index is 12.5. The molecule has 3 aromatic rings. The molecule has 1 heterocycles. The largest absolute Gasteiger partial charge is 0.493 e. The van der Waals surface area contributed by atoms with Gasteiger partial charge in [0, 0.05) is 0 Å². The monoisotopic (exact) mass is 470 g/mol. The van der Waals surface area contributed by atoms with E-state index in [1.54, 1.807) is 18.2 Å².